The topological polar surface area (TPSA) is 66.5 Å². The van der Waals surface area contributed by atoms with E-state index in [0.717, 1.165) is 19.3 Å². The zero-order chi connectivity index (χ0) is 15.8. The number of unbranched alkanes of at least 4 members (excludes halogenated alkanes) is 9. The maximum absolute atomic E-state index is 9.59. The minimum Gasteiger partial charge on any atom is -0.395 e. The third kappa shape index (κ3) is 14.3. The fourth-order valence-electron chi connectivity index (χ4n) is 2.41. The van der Waals surface area contributed by atoms with Crippen molar-refractivity contribution >= 4 is 0 Å². The van der Waals surface area contributed by atoms with E-state index < -0.39 is 12.1 Å². The second-order valence-corrected chi connectivity index (χ2v) is 6.08. The largest absolute Gasteiger partial charge is 0.395 e. The molecule has 3 heteroatoms. The second-order valence-electron chi connectivity index (χ2n) is 6.08. The SMILES string of the molecule is CCCCCCCCC/C=C\CCCCC(O)C(N)CO. The van der Waals surface area contributed by atoms with Crippen molar-refractivity contribution in [2.75, 3.05) is 6.61 Å². The van der Waals surface area contributed by atoms with Crippen LogP contribution in [0, 0.1) is 0 Å². The maximum atomic E-state index is 9.59. The number of rotatable bonds is 15. The van der Waals surface area contributed by atoms with Crippen molar-refractivity contribution in [3.63, 3.8) is 0 Å². The van der Waals surface area contributed by atoms with E-state index in [1.165, 1.54) is 51.4 Å². The highest BCUT2D eigenvalue weighted by Crippen LogP contribution is 2.10. The van der Waals surface area contributed by atoms with Crippen LogP contribution in [0.25, 0.3) is 0 Å². The van der Waals surface area contributed by atoms with Crippen molar-refractivity contribution in [2.45, 2.75) is 96.1 Å². The minimum absolute atomic E-state index is 0.139. The van der Waals surface area contributed by atoms with Crippen LogP contribution in [0.15, 0.2) is 12.2 Å². The van der Waals surface area contributed by atoms with Gasteiger partial charge in [0.1, 0.15) is 0 Å². The third-order valence-electron chi connectivity index (χ3n) is 3.97. The average molecular weight is 299 g/mol. The van der Waals surface area contributed by atoms with E-state index in [9.17, 15) is 5.11 Å². The van der Waals surface area contributed by atoms with Gasteiger partial charge in [-0.1, -0.05) is 64.0 Å². The molecule has 0 aromatic rings. The summed E-state index contributed by atoms with van der Waals surface area (Å²) >= 11 is 0. The molecule has 0 aromatic carbocycles. The molecule has 2 unspecified atom stereocenters. The number of hydrogen-bond acceptors (Lipinski definition) is 3. The average Bonchev–Trinajstić information content (AvgIpc) is 2.50. The lowest BCUT2D eigenvalue weighted by Crippen LogP contribution is -2.37. The van der Waals surface area contributed by atoms with Gasteiger partial charge in [-0.25, -0.2) is 0 Å². The fraction of sp³-hybridized carbons (Fsp3) is 0.889. The highest BCUT2D eigenvalue weighted by Gasteiger charge is 2.12. The zero-order valence-electron chi connectivity index (χ0n) is 14.0. The second kappa shape index (κ2) is 16.0. The summed E-state index contributed by atoms with van der Waals surface area (Å²) in [5.74, 6) is 0. The quantitative estimate of drug-likeness (QED) is 0.317. The maximum Gasteiger partial charge on any atom is 0.0713 e. The molecule has 0 fully saturated rings. The molecule has 21 heavy (non-hydrogen) atoms. The van der Waals surface area contributed by atoms with E-state index in [1.54, 1.807) is 0 Å². The molecule has 0 heterocycles. The Balaban J connectivity index is 3.22. The highest BCUT2D eigenvalue weighted by molar-refractivity contribution is 4.81. The van der Waals surface area contributed by atoms with E-state index in [1.807, 2.05) is 0 Å². The Morgan fingerprint density at radius 1 is 0.857 bits per heavy atom. The summed E-state index contributed by atoms with van der Waals surface area (Å²) in [4.78, 5) is 0. The number of nitrogens with two attached hydrogens (primary N) is 1. The fourth-order valence-corrected chi connectivity index (χ4v) is 2.41. The summed E-state index contributed by atoms with van der Waals surface area (Å²) in [6.07, 6.45) is 18.6. The van der Waals surface area contributed by atoms with Gasteiger partial charge >= 0.3 is 0 Å². The summed E-state index contributed by atoms with van der Waals surface area (Å²) in [6.45, 7) is 2.12. The van der Waals surface area contributed by atoms with Crippen LogP contribution < -0.4 is 5.73 Å². The van der Waals surface area contributed by atoms with Gasteiger partial charge in [-0.3, -0.25) is 0 Å². The molecule has 3 nitrogen and oxygen atoms in total. The Labute approximate surface area is 131 Å². The summed E-state index contributed by atoms with van der Waals surface area (Å²) < 4.78 is 0. The summed E-state index contributed by atoms with van der Waals surface area (Å²) in [7, 11) is 0. The van der Waals surface area contributed by atoms with Gasteiger partial charge < -0.3 is 15.9 Å². The first-order chi connectivity index (χ1) is 10.2. The van der Waals surface area contributed by atoms with Gasteiger partial charge in [0.15, 0.2) is 0 Å². The molecule has 0 amide bonds. The van der Waals surface area contributed by atoms with Gasteiger partial charge in [0.2, 0.25) is 0 Å². The van der Waals surface area contributed by atoms with Gasteiger partial charge in [-0.05, 0) is 32.1 Å². The number of aliphatic hydroxyl groups excluding tert-OH is 2. The molecular weight excluding hydrogens is 262 g/mol. The van der Waals surface area contributed by atoms with Gasteiger partial charge in [-0.15, -0.1) is 0 Å². The molecule has 0 radical (unpaired) electrons. The Morgan fingerprint density at radius 2 is 1.38 bits per heavy atom. The predicted octanol–water partition coefficient (Wildman–Crippen LogP) is 3.92. The summed E-state index contributed by atoms with van der Waals surface area (Å²) in [5, 5.41) is 18.4. The standard InChI is InChI=1S/C18H37NO2/c1-2-3-4-5-6-7-8-9-10-11-12-13-14-15-18(21)17(19)16-20/h10-11,17-18,20-21H,2-9,12-16,19H2,1H3/b11-10-. The van der Waals surface area contributed by atoms with Crippen molar-refractivity contribution in [3.8, 4) is 0 Å². The lowest BCUT2D eigenvalue weighted by molar-refractivity contribution is 0.0993. The summed E-state index contributed by atoms with van der Waals surface area (Å²) in [5.41, 5.74) is 5.55. The Morgan fingerprint density at radius 3 is 1.95 bits per heavy atom. The molecule has 0 spiro atoms. The molecule has 126 valence electrons. The first-order valence-corrected chi connectivity index (χ1v) is 8.91. The van der Waals surface area contributed by atoms with E-state index in [0.29, 0.717) is 6.42 Å². The molecule has 0 aliphatic heterocycles. The van der Waals surface area contributed by atoms with E-state index >= 15 is 0 Å². The highest BCUT2D eigenvalue weighted by atomic mass is 16.3. The Bertz CT molecular complexity index is 231. The minimum atomic E-state index is -0.563. The lowest BCUT2D eigenvalue weighted by Gasteiger charge is -2.15. The number of allylic oxidation sites excluding steroid dienone is 2. The number of hydrogen-bond donors (Lipinski definition) is 3. The van der Waals surface area contributed by atoms with Gasteiger partial charge in [0.05, 0.1) is 18.8 Å². The molecular formula is C18H37NO2. The van der Waals surface area contributed by atoms with Crippen molar-refractivity contribution in [3.05, 3.63) is 12.2 Å². The molecule has 4 N–H and O–H groups in total. The van der Waals surface area contributed by atoms with Crippen LogP contribution in [-0.2, 0) is 0 Å². The zero-order valence-corrected chi connectivity index (χ0v) is 14.0. The van der Waals surface area contributed by atoms with Crippen molar-refractivity contribution in [1.82, 2.24) is 0 Å². The molecule has 0 rings (SSSR count). The molecule has 0 aromatic heterocycles. The van der Waals surface area contributed by atoms with Crippen molar-refractivity contribution in [2.24, 2.45) is 5.73 Å². The molecule has 0 saturated carbocycles. The van der Waals surface area contributed by atoms with E-state index in [-0.39, 0.29) is 6.61 Å². The van der Waals surface area contributed by atoms with E-state index in [2.05, 4.69) is 19.1 Å². The first kappa shape index (κ1) is 20.6. The van der Waals surface area contributed by atoms with Crippen LogP contribution in [-0.4, -0.2) is 29.0 Å². The van der Waals surface area contributed by atoms with Crippen LogP contribution in [0.2, 0.25) is 0 Å². The summed E-state index contributed by atoms with van der Waals surface area (Å²) in [6, 6.07) is -0.488. The van der Waals surface area contributed by atoms with Crippen molar-refractivity contribution in [1.29, 1.82) is 0 Å². The molecule has 2 atom stereocenters. The first-order valence-electron chi connectivity index (χ1n) is 8.91. The lowest BCUT2D eigenvalue weighted by atomic mass is 10.0. The van der Waals surface area contributed by atoms with Crippen LogP contribution in [0.5, 0.6) is 0 Å². The van der Waals surface area contributed by atoms with Crippen LogP contribution in [0.1, 0.15) is 84.0 Å². The molecule has 0 aliphatic carbocycles. The molecule has 0 aliphatic rings. The van der Waals surface area contributed by atoms with Gasteiger partial charge in [-0.2, -0.15) is 0 Å². The van der Waals surface area contributed by atoms with Gasteiger partial charge in [0, 0.05) is 0 Å². The third-order valence-corrected chi connectivity index (χ3v) is 3.97. The monoisotopic (exact) mass is 299 g/mol. The number of aliphatic hydroxyl groups is 2. The molecule has 0 bridgehead atoms. The van der Waals surface area contributed by atoms with Crippen LogP contribution in [0.4, 0.5) is 0 Å². The Kier molecular flexibility index (Phi) is 15.7. The normalized spacial score (nSPS) is 14.7. The van der Waals surface area contributed by atoms with Crippen LogP contribution >= 0.6 is 0 Å². The van der Waals surface area contributed by atoms with Gasteiger partial charge in [0.25, 0.3) is 0 Å². The Hall–Kier alpha value is -0.380. The van der Waals surface area contributed by atoms with E-state index in [4.69, 9.17) is 10.8 Å². The van der Waals surface area contributed by atoms with Crippen LogP contribution in [0.3, 0.4) is 0 Å². The van der Waals surface area contributed by atoms with Crippen molar-refractivity contribution < 1.29 is 10.2 Å². The predicted molar refractivity (Wildman–Crippen MR) is 91.3 cm³/mol. The molecule has 0 saturated heterocycles. The smallest absolute Gasteiger partial charge is 0.0713 e.